The lowest BCUT2D eigenvalue weighted by atomic mass is 10.0. The number of carbonyl (C=O) groups is 2. The van der Waals surface area contributed by atoms with E-state index in [1.54, 1.807) is 24.4 Å². The number of ether oxygens (including phenoxy) is 2. The number of carbonyl (C=O) groups excluding carboxylic acids is 2. The highest BCUT2D eigenvalue weighted by Crippen LogP contribution is 2.40. The molecule has 2 aromatic rings. The number of pyridine rings is 1. The standard InChI is InChI=1S/C24H26N4O5/c1-28(31-2)24(30)20-13-19(20)23(29)27-22-12-16(5-8-26-22)15-3-4-21(17(11-15)14-25)33-18-6-9-32-10-7-18/h3-5,8,11-12,18-20H,6-7,9-10,13H2,1-2H3,(H,26,27,29). The number of rotatable bonds is 7. The van der Waals surface area contributed by atoms with Crippen molar-refractivity contribution in [1.82, 2.24) is 10.0 Å². The van der Waals surface area contributed by atoms with Crippen molar-refractivity contribution >= 4 is 17.6 Å². The van der Waals surface area contributed by atoms with E-state index in [-0.39, 0.29) is 23.8 Å². The Morgan fingerprint density at radius 3 is 2.67 bits per heavy atom. The van der Waals surface area contributed by atoms with Gasteiger partial charge in [-0.3, -0.25) is 14.4 Å². The first kappa shape index (κ1) is 22.7. The summed E-state index contributed by atoms with van der Waals surface area (Å²) in [5.41, 5.74) is 2.06. The van der Waals surface area contributed by atoms with E-state index in [4.69, 9.17) is 14.3 Å². The third-order valence-electron chi connectivity index (χ3n) is 5.94. The summed E-state index contributed by atoms with van der Waals surface area (Å²) in [7, 11) is 2.93. The molecule has 1 aliphatic carbocycles. The minimum Gasteiger partial charge on any atom is -0.489 e. The Labute approximate surface area is 192 Å². The summed E-state index contributed by atoms with van der Waals surface area (Å²) in [6, 6.07) is 11.2. The van der Waals surface area contributed by atoms with Gasteiger partial charge in [0.1, 0.15) is 23.7 Å². The Balaban J connectivity index is 1.44. The van der Waals surface area contributed by atoms with Gasteiger partial charge in [0.2, 0.25) is 11.8 Å². The van der Waals surface area contributed by atoms with Crippen molar-refractivity contribution in [2.75, 3.05) is 32.7 Å². The largest absolute Gasteiger partial charge is 0.489 e. The summed E-state index contributed by atoms with van der Waals surface area (Å²) in [5, 5.41) is 13.5. The number of nitrogens with one attached hydrogen (secondary N) is 1. The molecule has 4 rings (SSSR count). The zero-order valence-corrected chi connectivity index (χ0v) is 18.6. The predicted octanol–water partition coefficient (Wildman–Crippen LogP) is 2.77. The van der Waals surface area contributed by atoms with Gasteiger partial charge < -0.3 is 14.8 Å². The number of hydrogen-bond acceptors (Lipinski definition) is 7. The van der Waals surface area contributed by atoms with Crippen molar-refractivity contribution in [3.05, 3.63) is 42.1 Å². The Morgan fingerprint density at radius 1 is 1.18 bits per heavy atom. The average molecular weight is 450 g/mol. The van der Waals surface area contributed by atoms with Crippen LogP contribution in [-0.2, 0) is 19.2 Å². The quantitative estimate of drug-likeness (QED) is 0.645. The molecule has 2 atom stereocenters. The van der Waals surface area contributed by atoms with E-state index in [1.165, 1.54) is 14.2 Å². The molecule has 0 spiro atoms. The van der Waals surface area contributed by atoms with Crippen LogP contribution in [0.1, 0.15) is 24.8 Å². The minimum absolute atomic E-state index is 0.0428. The van der Waals surface area contributed by atoms with Gasteiger partial charge in [-0.25, -0.2) is 10.0 Å². The summed E-state index contributed by atoms with van der Waals surface area (Å²) < 4.78 is 11.4. The van der Waals surface area contributed by atoms with Gasteiger partial charge in [-0.15, -0.1) is 0 Å². The molecule has 2 fully saturated rings. The molecular formula is C24H26N4O5. The highest BCUT2D eigenvalue weighted by molar-refractivity contribution is 5.99. The number of amides is 2. The van der Waals surface area contributed by atoms with Crippen LogP contribution in [0, 0.1) is 23.2 Å². The van der Waals surface area contributed by atoms with Gasteiger partial charge in [-0.05, 0) is 41.8 Å². The highest BCUT2D eigenvalue weighted by atomic mass is 16.7. The van der Waals surface area contributed by atoms with Crippen molar-refractivity contribution in [3.8, 4) is 22.9 Å². The van der Waals surface area contributed by atoms with E-state index in [0.29, 0.717) is 36.8 Å². The fraction of sp³-hybridized carbons (Fsp3) is 0.417. The molecule has 1 aromatic heterocycles. The van der Waals surface area contributed by atoms with E-state index in [2.05, 4.69) is 16.4 Å². The Kier molecular flexibility index (Phi) is 6.87. The van der Waals surface area contributed by atoms with Crippen LogP contribution in [0.15, 0.2) is 36.5 Å². The molecule has 2 unspecified atom stereocenters. The number of anilines is 1. The molecule has 2 heterocycles. The second kappa shape index (κ2) is 9.98. The SMILES string of the molecule is CON(C)C(=O)C1CC1C(=O)Nc1cc(-c2ccc(OC3CCOCC3)c(C#N)c2)ccn1. The fourth-order valence-electron chi connectivity index (χ4n) is 3.85. The van der Waals surface area contributed by atoms with E-state index < -0.39 is 5.92 Å². The van der Waals surface area contributed by atoms with Crippen molar-refractivity contribution in [3.63, 3.8) is 0 Å². The Bertz CT molecular complexity index is 1080. The second-order valence-corrected chi connectivity index (χ2v) is 8.14. The van der Waals surface area contributed by atoms with Gasteiger partial charge in [0.15, 0.2) is 0 Å². The van der Waals surface area contributed by atoms with Crippen molar-refractivity contribution in [2.45, 2.75) is 25.4 Å². The van der Waals surface area contributed by atoms with Gasteiger partial charge in [0, 0.05) is 26.1 Å². The Hall–Kier alpha value is -3.48. The highest BCUT2D eigenvalue weighted by Gasteiger charge is 2.49. The van der Waals surface area contributed by atoms with Crippen LogP contribution in [0.3, 0.4) is 0 Å². The summed E-state index contributed by atoms with van der Waals surface area (Å²) in [6.45, 7) is 1.32. The third-order valence-corrected chi connectivity index (χ3v) is 5.94. The maximum absolute atomic E-state index is 12.6. The van der Waals surface area contributed by atoms with Gasteiger partial charge in [-0.1, -0.05) is 6.07 Å². The van der Waals surface area contributed by atoms with E-state index in [1.807, 2.05) is 12.1 Å². The first-order valence-electron chi connectivity index (χ1n) is 10.9. The first-order chi connectivity index (χ1) is 16.0. The Morgan fingerprint density at radius 2 is 1.94 bits per heavy atom. The molecule has 1 aromatic carbocycles. The summed E-state index contributed by atoms with van der Waals surface area (Å²) >= 11 is 0. The molecule has 2 aliphatic rings. The van der Waals surface area contributed by atoms with E-state index in [9.17, 15) is 14.9 Å². The zero-order valence-electron chi connectivity index (χ0n) is 18.6. The van der Waals surface area contributed by atoms with Crippen LogP contribution >= 0.6 is 0 Å². The monoisotopic (exact) mass is 450 g/mol. The smallest absolute Gasteiger partial charge is 0.249 e. The third kappa shape index (κ3) is 5.30. The van der Waals surface area contributed by atoms with Crippen LogP contribution in [0.5, 0.6) is 5.75 Å². The van der Waals surface area contributed by atoms with Crippen molar-refractivity contribution in [1.29, 1.82) is 5.26 Å². The number of hydroxylamine groups is 2. The number of aromatic nitrogens is 1. The molecule has 9 nitrogen and oxygen atoms in total. The molecule has 0 radical (unpaired) electrons. The van der Waals surface area contributed by atoms with Crippen LogP contribution in [0.25, 0.3) is 11.1 Å². The molecule has 1 saturated carbocycles. The van der Waals surface area contributed by atoms with Gasteiger partial charge in [0.05, 0.1) is 37.7 Å². The maximum atomic E-state index is 12.6. The average Bonchev–Trinajstić information content (AvgIpc) is 3.65. The predicted molar refractivity (Wildman–Crippen MR) is 119 cm³/mol. The van der Waals surface area contributed by atoms with E-state index in [0.717, 1.165) is 29.0 Å². The molecule has 172 valence electrons. The van der Waals surface area contributed by atoms with E-state index >= 15 is 0 Å². The fourth-order valence-corrected chi connectivity index (χ4v) is 3.85. The molecule has 1 aliphatic heterocycles. The van der Waals surface area contributed by atoms with Gasteiger partial charge in [-0.2, -0.15) is 5.26 Å². The summed E-state index contributed by atoms with van der Waals surface area (Å²) in [4.78, 5) is 33.8. The van der Waals surface area contributed by atoms with Crippen molar-refractivity contribution < 1.29 is 23.9 Å². The van der Waals surface area contributed by atoms with Crippen LogP contribution in [0.2, 0.25) is 0 Å². The molecular weight excluding hydrogens is 424 g/mol. The number of benzene rings is 1. The molecule has 1 N–H and O–H groups in total. The van der Waals surface area contributed by atoms with Crippen LogP contribution in [0.4, 0.5) is 5.82 Å². The lowest BCUT2D eigenvalue weighted by Crippen LogP contribution is -2.29. The molecule has 1 saturated heterocycles. The number of nitrogens with zero attached hydrogens (tertiary/aromatic N) is 3. The zero-order chi connectivity index (χ0) is 23.4. The second-order valence-electron chi connectivity index (χ2n) is 8.14. The van der Waals surface area contributed by atoms with Gasteiger partial charge in [0.25, 0.3) is 0 Å². The summed E-state index contributed by atoms with van der Waals surface area (Å²) in [6.07, 6.45) is 3.72. The molecule has 33 heavy (non-hydrogen) atoms. The van der Waals surface area contributed by atoms with Crippen LogP contribution in [-0.4, -0.2) is 55.3 Å². The topological polar surface area (TPSA) is 114 Å². The number of hydrogen-bond donors (Lipinski definition) is 1. The van der Waals surface area contributed by atoms with Crippen LogP contribution < -0.4 is 10.1 Å². The number of nitriles is 1. The lowest BCUT2D eigenvalue weighted by Gasteiger charge is -2.23. The van der Waals surface area contributed by atoms with Crippen molar-refractivity contribution in [2.24, 2.45) is 11.8 Å². The molecule has 9 heteroatoms. The van der Waals surface area contributed by atoms with Gasteiger partial charge >= 0.3 is 0 Å². The lowest BCUT2D eigenvalue weighted by molar-refractivity contribution is -0.170. The maximum Gasteiger partial charge on any atom is 0.249 e. The molecule has 0 bridgehead atoms. The first-order valence-corrected chi connectivity index (χ1v) is 10.9. The minimum atomic E-state index is -0.396. The molecule has 2 amide bonds. The summed E-state index contributed by atoms with van der Waals surface area (Å²) in [5.74, 6) is -0.295. The normalized spacial score (nSPS) is 19.9.